The normalized spacial score (nSPS) is 12.3. The maximum Gasteiger partial charge on any atom is 0.261 e. The van der Waals surface area contributed by atoms with Crippen LogP contribution in [0.3, 0.4) is 0 Å². The summed E-state index contributed by atoms with van der Waals surface area (Å²) in [6, 6.07) is 15.4. The number of amides is 1. The van der Waals surface area contributed by atoms with Crippen LogP contribution in [0.2, 0.25) is 0 Å². The molecule has 178 valence electrons. The molecule has 9 heteroatoms. The third kappa shape index (κ3) is 5.43. The van der Waals surface area contributed by atoms with Gasteiger partial charge < -0.3 is 19.5 Å². The van der Waals surface area contributed by atoms with Gasteiger partial charge in [-0.2, -0.15) is 0 Å². The molecule has 0 unspecified atom stereocenters. The van der Waals surface area contributed by atoms with Crippen molar-refractivity contribution in [1.29, 1.82) is 0 Å². The van der Waals surface area contributed by atoms with E-state index in [0.29, 0.717) is 35.0 Å². The van der Waals surface area contributed by atoms with Crippen molar-refractivity contribution in [2.75, 3.05) is 18.1 Å². The van der Waals surface area contributed by atoms with Crippen LogP contribution in [0.15, 0.2) is 59.5 Å². The molecule has 1 amide bonds. The van der Waals surface area contributed by atoms with E-state index in [2.05, 4.69) is 10.0 Å². The largest absolute Gasteiger partial charge is 0.484 e. The van der Waals surface area contributed by atoms with E-state index in [9.17, 15) is 13.2 Å². The van der Waals surface area contributed by atoms with Crippen LogP contribution in [-0.2, 0) is 21.4 Å². The van der Waals surface area contributed by atoms with Gasteiger partial charge in [-0.15, -0.1) is 0 Å². The molecule has 0 aliphatic carbocycles. The van der Waals surface area contributed by atoms with Crippen LogP contribution >= 0.6 is 0 Å². The lowest BCUT2D eigenvalue weighted by Gasteiger charge is -2.13. The van der Waals surface area contributed by atoms with Gasteiger partial charge in [-0.3, -0.25) is 9.52 Å². The van der Waals surface area contributed by atoms with Gasteiger partial charge >= 0.3 is 0 Å². The van der Waals surface area contributed by atoms with Crippen LogP contribution in [0.25, 0.3) is 0 Å². The zero-order chi connectivity index (χ0) is 24.3. The lowest BCUT2D eigenvalue weighted by atomic mass is 10.1. The molecule has 0 atom stereocenters. The van der Waals surface area contributed by atoms with Crippen molar-refractivity contribution in [1.82, 2.24) is 5.32 Å². The quantitative estimate of drug-likeness (QED) is 0.506. The fourth-order valence-electron chi connectivity index (χ4n) is 3.42. The zero-order valence-corrected chi connectivity index (χ0v) is 20.0. The van der Waals surface area contributed by atoms with Crippen LogP contribution in [-0.4, -0.2) is 27.7 Å². The Labute approximate surface area is 198 Å². The van der Waals surface area contributed by atoms with E-state index in [1.807, 2.05) is 32.0 Å². The topological polar surface area (TPSA) is 103 Å². The van der Waals surface area contributed by atoms with E-state index >= 15 is 0 Å². The number of hydrogen-bond donors (Lipinski definition) is 2. The summed E-state index contributed by atoms with van der Waals surface area (Å²) >= 11 is 0. The summed E-state index contributed by atoms with van der Waals surface area (Å²) < 4.78 is 44.4. The summed E-state index contributed by atoms with van der Waals surface area (Å²) in [5.74, 6) is 1.47. The average molecular weight is 483 g/mol. The van der Waals surface area contributed by atoms with Gasteiger partial charge in [0.25, 0.3) is 15.9 Å². The number of anilines is 1. The van der Waals surface area contributed by atoms with Gasteiger partial charge in [0.2, 0.25) is 6.79 Å². The van der Waals surface area contributed by atoms with E-state index in [0.717, 1.165) is 16.7 Å². The molecule has 1 aliphatic rings. The average Bonchev–Trinajstić information content (AvgIpc) is 3.27. The molecule has 0 saturated carbocycles. The summed E-state index contributed by atoms with van der Waals surface area (Å²) in [6.07, 6.45) is 0. The third-order valence-electron chi connectivity index (χ3n) is 5.50. The van der Waals surface area contributed by atoms with E-state index in [-0.39, 0.29) is 24.2 Å². The predicted octanol–water partition coefficient (Wildman–Crippen LogP) is 3.84. The SMILES string of the molecule is Cc1ccc(NS(=O)(=O)c2ccc(OCC(=O)NCc3ccc4c(c3)OCO4)c(C)c2)cc1C. The Morgan fingerprint density at radius 3 is 2.47 bits per heavy atom. The number of carbonyl (C=O) groups is 1. The van der Waals surface area contributed by atoms with Crippen molar-refractivity contribution in [3.63, 3.8) is 0 Å². The van der Waals surface area contributed by atoms with Crippen molar-refractivity contribution < 1.29 is 27.4 Å². The summed E-state index contributed by atoms with van der Waals surface area (Å²) in [7, 11) is -3.76. The lowest BCUT2D eigenvalue weighted by Crippen LogP contribution is -2.28. The molecule has 3 aromatic rings. The number of aryl methyl sites for hydroxylation is 3. The van der Waals surface area contributed by atoms with Gasteiger partial charge in [-0.05, 0) is 85.5 Å². The number of nitrogens with one attached hydrogen (secondary N) is 2. The first-order chi connectivity index (χ1) is 16.2. The Kier molecular flexibility index (Phi) is 6.65. The van der Waals surface area contributed by atoms with Gasteiger partial charge in [-0.25, -0.2) is 8.42 Å². The zero-order valence-electron chi connectivity index (χ0n) is 19.2. The highest BCUT2D eigenvalue weighted by Gasteiger charge is 2.17. The van der Waals surface area contributed by atoms with E-state index in [1.54, 1.807) is 31.2 Å². The van der Waals surface area contributed by atoms with Gasteiger partial charge in [0, 0.05) is 12.2 Å². The first-order valence-corrected chi connectivity index (χ1v) is 12.2. The molecule has 4 rings (SSSR count). The molecule has 2 N–H and O–H groups in total. The molecule has 0 aromatic heterocycles. The summed E-state index contributed by atoms with van der Waals surface area (Å²) in [4.78, 5) is 12.3. The molecule has 0 fully saturated rings. The highest BCUT2D eigenvalue weighted by Crippen LogP contribution is 2.32. The molecular weight excluding hydrogens is 456 g/mol. The molecule has 34 heavy (non-hydrogen) atoms. The molecule has 0 spiro atoms. The molecule has 8 nitrogen and oxygen atoms in total. The van der Waals surface area contributed by atoms with Crippen LogP contribution < -0.4 is 24.2 Å². The van der Waals surface area contributed by atoms with E-state index in [1.165, 1.54) is 12.1 Å². The predicted molar refractivity (Wildman–Crippen MR) is 128 cm³/mol. The molecular formula is C25H26N2O6S. The van der Waals surface area contributed by atoms with Gasteiger partial charge in [0.1, 0.15) is 5.75 Å². The maximum atomic E-state index is 12.8. The van der Waals surface area contributed by atoms with Gasteiger partial charge in [-0.1, -0.05) is 12.1 Å². The van der Waals surface area contributed by atoms with Crippen molar-refractivity contribution in [3.8, 4) is 17.2 Å². The molecule has 3 aromatic carbocycles. The Morgan fingerprint density at radius 1 is 0.912 bits per heavy atom. The fraction of sp³-hybridized carbons (Fsp3) is 0.240. The minimum atomic E-state index is -3.76. The van der Waals surface area contributed by atoms with Crippen LogP contribution in [0, 0.1) is 20.8 Å². The number of benzene rings is 3. The molecule has 0 radical (unpaired) electrons. The molecule has 0 saturated heterocycles. The second-order valence-electron chi connectivity index (χ2n) is 8.08. The Balaban J connectivity index is 1.33. The second-order valence-corrected chi connectivity index (χ2v) is 9.77. The second kappa shape index (κ2) is 9.64. The molecule has 1 heterocycles. The van der Waals surface area contributed by atoms with Crippen molar-refractivity contribution in [2.24, 2.45) is 0 Å². The number of carbonyl (C=O) groups excluding carboxylic acids is 1. The standard InChI is InChI=1S/C25H26N2O6S/c1-16-4-6-20(10-17(16)2)27-34(29,30)21-7-9-22(18(3)11-21)31-14-25(28)26-13-19-5-8-23-24(12-19)33-15-32-23/h4-12,27H,13-15H2,1-3H3,(H,26,28). The minimum absolute atomic E-state index is 0.114. The number of rotatable bonds is 8. The van der Waals surface area contributed by atoms with Crippen LogP contribution in [0.1, 0.15) is 22.3 Å². The van der Waals surface area contributed by atoms with Crippen molar-refractivity contribution in [3.05, 3.63) is 76.9 Å². The highest BCUT2D eigenvalue weighted by atomic mass is 32.2. The highest BCUT2D eigenvalue weighted by molar-refractivity contribution is 7.92. The monoisotopic (exact) mass is 482 g/mol. The number of ether oxygens (including phenoxy) is 3. The lowest BCUT2D eigenvalue weighted by molar-refractivity contribution is -0.123. The maximum absolute atomic E-state index is 12.8. The fourth-order valence-corrected chi connectivity index (χ4v) is 4.55. The van der Waals surface area contributed by atoms with Crippen LogP contribution in [0.5, 0.6) is 17.2 Å². The van der Waals surface area contributed by atoms with Gasteiger partial charge in [0.15, 0.2) is 18.1 Å². The van der Waals surface area contributed by atoms with Gasteiger partial charge in [0.05, 0.1) is 4.90 Å². The Hall–Kier alpha value is -3.72. The summed E-state index contributed by atoms with van der Waals surface area (Å²) in [5, 5.41) is 2.79. The Morgan fingerprint density at radius 2 is 1.71 bits per heavy atom. The third-order valence-corrected chi connectivity index (χ3v) is 6.88. The summed E-state index contributed by atoms with van der Waals surface area (Å²) in [6.45, 7) is 5.94. The molecule has 0 bridgehead atoms. The number of hydrogen-bond acceptors (Lipinski definition) is 6. The smallest absolute Gasteiger partial charge is 0.261 e. The number of sulfonamides is 1. The first-order valence-electron chi connectivity index (χ1n) is 10.7. The minimum Gasteiger partial charge on any atom is -0.484 e. The number of fused-ring (bicyclic) bond motifs is 1. The van der Waals surface area contributed by atoms with Crippen LogP contribution in [0.4, 0.5) is 5.69 Å². The summed E-state index contributed by atoms with van der Waals surface area (Å²) in [5.41, 5.74) is 4.06. The first kappa shape index (κ1) is 23.4. The van der Waals surface area contributed by atoms with E-state index < -0.39 is 10.0 Å². The van der Waals surface area contributed by atoms with Crippen molar-refractivity contribution >= 4 is 21.6 Å². The Bertz CT molecular complexity index is 1340. The molecule has 1 aliphatic heterocycles. The van der Waals surface area contributed by atoms with E-state index in [4.69, 9.17) is 14.2 Å². The van der Waals surface area contributed by atoms with Crippen molar-refractivity contribution in [2.45, 2.75) is 32.2 Å².